The SMILES string of the molecule is CCc1cccc(C)c1NC(=O)CN(c1ccc(F)cc1)S(=O)(=O)N(C)C. The molecule has 0 aliphatic carbocycles. The fourth-order valence-corrected chi connectivity index (χ4v) is 3.68. The number of hydrogen-bond acceptors (Lipinski definition) is 3. The molecule has 0 saturated heterocycles. The Kier molecular flexibility index (Phi) is 6.56. The molecule has 2 aromatic rings. The third kappa shape index (κ3) is 4.84. The summed E-state index contributed by atoms with van der Waals surface area (Å²) in [5, 5.41) is 2.81. The Hall–Kier alpha value is -2.45. The lowest BCUT2D eigenvalue weighted by Crippen LogP contribution is -2.44. The van der Waals surface area contributed by atoms with Crippen molar-refractivity contribution in [3.05, 3.63) is 59.4 Å². The number of para-hydroxylation sites is 1. The number of amides is 1. The zero-order valence-corrected chi connectivity index (χ0v) is 16.7. The summed E-state index contributed by atoms with van der Waals surface area (Å²) in [7, 11) is -1.18. The first-order chi connectivity index (χ1) is 12.7. The summed E-state index contributed by atoms with van der Waals surface area (Å²) in [5.41, 5.74) is 2.76. The minimum Gasteiger partial charge on any atom is -0.324 e. The van der Waals surface area contributed by atoms with E-state index in [-0.39, 0.29) is 5.69 Å². The number of carbonyl (C=O) groups excluding carboxylic acids is 1. The molecule has 0 unspecified atom stereocenters. The average Bonchev–Trinajstić information content (AvgIpc) is 2.62. The van der Waals surface area contributed by atoms with Crippen molar-refractivity contribution in [1.29, 1.82) is 0 Å². The lowest BCUT2D eigenvalue weighted by atomic mass is 10.1. The van der Waals surface area contributed by atoms with Gasteiger partial charge in [-0.3, -0.25) is 4.79 Å². The predicted molar refractivity (Wildman–Crippen MR) is 106 cm³/mol. The quantitative estimate of drug-likeness (QED) is 0.786. The van der Waals surface area contributed by atoms with E-state index in [0.717, 1.165) is 38.3 Å². The van der Waals surface area contributed by atoms with Gasteiger partial charge < -0.3 is 5.32 Å². The van der Waals surface area contributed by atoms with E-state index in [2.05, 4.69) is 5.32 Å². The number of benzene rings is 2. The zero-order valence-electron chi connectivity index (χ0n) is 15.9. The molecule has 0 aromatic heterocycles. The maximum atomic E-state index is 13.2. The van der Waals surface area contributed by atoms with Crippen molar-refractivity contribution < 1.29 is 17.6 Å². The first-order valence-electron chi connectivity index (χ1n) is 8.51. The standard InChI is InChI=1S/C19H24FN3O3S/c1-5-15-8-6-7-14(2)19(15)21-18(24)13-23(27(25,26)22(3)4)17-11-9-16(20)10-12-17/h6-12H,5,13H2,1-4H3,(H,21,24). The molecule has 0 radical (unpaired) electrons. The molecule has 0 bridgehead atoms. The molecule has 0 fully saturated rings. The predicted octanol–water partition coefficient (Wildman–Crippen LogP) is 2.95. The van der Waals surface area contributed by atoms with E-state index in [4.69, 9.17) is 0 Å². The normalized spacial score (nSPS) is 11.5. The molecule has 1 amide bonds. The number of carbonyl (C=O) groups is 1. The average molecular weight is 393 g/mol. The van der Waals surface area contributed by atoms with Crippen molar-refractivity contribution in [3.63, 3.8) is 0 Å². The number of rotatable bonds is 7. The van der Waals surface area contributed by atoms with Gasteiger partial charge in [0.25, 0.3) is 0 Å². The van der Waals surface area contributed by atoms with Gasteiger partial charge in [-0.05, 0) is 48.7 Å². The summed E-state index contributed by atoms with van der Waals surface area (Å²) in [6.07, 6.45) is 0.731. The minimum absolute atomic E-state index is 0.209. The molecule has 8 heteroatoms. The van der Waals surface area contributed by atoms with E-state index in [1.54, 1.807) is 0 Å². The highest BCUT2D eigenvalue weighted by molar-refractivity contribution is 7.90. The largest absolute Gasteiger partial charge is 0.324 e. The number of nitrogens with zero attached hydrogens (tertiary/aromatic N) is 2. The van der Waals surface area contributed by atoms with E-state index in [9.17, 15) is 17.6 Å². The van der Waals surface area contributed by atoms with Crippen LogP contribution in [-0.2, 0) is 21.4 Å². The molecule has 2 rings (SSSR count). The number of anilines is 2. The third-order valence-corrected chi connectivity index (χ3v) is 5.97. The molecule has 146 valence electrons. The summed E-state index contributed by atoms with van der Waals surface area (Å²) in [6.45, 7) is 3.43. The van der Waals surface area contributed by atoms with E-state index >= 15 is 0 Å². The Bertz CT molecular complexity index is 912. The van der Waals surface area contributed by atoms with Crippen LogP contribution in [-0.4, -0.2) is 39.3 Å². The highest BCUT2D eigenvalue weighted by Gasteiger charge is 2.27. The molecule has 27 heavy (non-hydrogen) atoms. The zero-order chi connectivity index (χ0) is 20.2. The molecule has 0 spiro atoms. The van der Waals surface area contributed by atoms with Gasteiger partial charge in [0, 0.05) is 19.8 Å². The number of hydrogen-bond donors (Lipinski definition) is 1. The Morgan fingerprint density at radius 3 is 2.30 bits per heavy atom. The Morgan fingerprint density at radius 2 is 1.74 bits per heavy atom. The Labute approximate surface area is 159 Å². The van der Waals surface area contributed by atoms with Gasteiger partial charge in [0.05, 0.1) is 5.69 Å². The van der Waals surface area contributed by atoms with Gasteiger partial charge >= 0.3 is 10.2 Å². The van der Waals surface area contributed by atoms with Gasteiger partial charge in [0.15, 0.2) is 0 Å². The van der Waals surface area contributed by atoms with Crippen LogP contribution in [0.4, 0.5) is 15.8 Å². The molecule has 0 atom stereocenters. The maximum Gasteiger partial charge on any atom is 0.304 e. The summed E-state index contributed by atoms with van der Waals surface area (Å²) in [6, 6.07) is 10.7. The first-order valence-corrected chi connectivity index (χ1v) is 9.90. The topological polar surface area (TPSA) is 69.7 Å². The summed E-state index contributed by atoms with van der Waals surface area (Å²) < 4.78 is 40.5. The molecular weight excluding hydrogens is 369 g/mol. The second-order valence-corrected chi connectivity index (χ2v) is 8.35. The maximum absolute atomic E-state index is 13.2. The first kappa shape index (κ1) is 20.9. The van der Waals surface area contributed by atoms with Crippen molar-refractivity contribution in [2.75, 3.05) is 30.3 Å². The summed E-state index contributed by atoms with van der Waals surface area (Å²) in [5.74, 6) is -0.966. The van der Waals surface area contributed by atoms with E-state index in [1.165, 1.54) is 26.2 Å². The van der Waals surface area contributed by atoms with Crippen LogP contribution < -0.4 is 9.62 Å². The molecule has 0 aliphatic heterocycles. The fourth-order valence-electron chi connectivity index (χ4n) is 2.62. The second kappa shape index (κ2) is 8.49. The van der Waals surface area contributed by atoms with Crippen LogP contribution in [0.5, 0.6) is 0 Å². The van der Waals surface area contributed by atoms with E-state index in [0.29, 0.717) is 5.69 Å². The van der Waals surface area contributed by atoms with E-state index < -0.39 is 28.5 Å². The van der Waals surface area contributed by atoms with Crippen molar-refractivity contribution in [2.24, 2.45) is 0 Å². The van der Waals surface area contributed by atoms with E-state index in [1.807, 2.05) is 32.0 Å². The molecule has 0 heterocycles. The lowest BCUT2D eigenvalue weighted by Gasteiger charge is -2.27. The number of halogens is 1. The Balaban J connectivity index is 2.33. The summed E-state index contributed by atoms with van der Waals surface area (Å²) >= 11 is 0. The monoisotopic (exact) mass is 393 g/mol. The molecule has 2 aromatic carbocycles. The van der Waals surface area contributed by atoms with Gasteiger partial charge in [-0.15, -0.1) is 0 Å². The number of aryl methyl sites for hydroxylation is 2. The smallest absolute Gasteiger partial charge is 0.304 e. The molecule has 0 saturated carbocycles. The minimum atomic E-state index is -3.93. The van der Waals surface area contributed by atoms with Crippen LogP contribution >= 0.6 is 0 Å². The van der Waals surface area contributed by atoms with Crippen molar-refractivity contribution in [3.8, 4) is 0 Å². The van der Waals surface area contributed by atoms with Crippen molar-refractivity contribution in [1.82, 2.24) is 4.31 Å². The third-order valence-electron chi connectivity index (χ3n) is 4.15. The van der Waals surface area contributed by atoms with Gasteiger partial charge in [0.1, 0.15) is 12.4 Å². The van der Waals surface area contributed by atoms with Crippen LogP contribution in [0.3, 0.4) is 0 Å². The second-order valence-electron chi connectivity index (χ2n) is 6.28. The van der Waals surface area contributed by atoms with Crippen LogP contribution in [0.15, 0.2) is 42.5 Å². The Morgan fingerprint density at radius 1 is 1.11 bits per heavy atom. The van der Waals surface area contributed by atoms with Crippen molar-refractivity contribution in [2.45, 2.75) is 20.3 Å². The van der Waals surface area contributed by atoms with Crippen LogP contribution in [0.2, 0.25) is 0 Å². The molecular formula is C19H24FN3O3S. The highest BCUT2D eigenvalue weighted by Crippen LogP contribution is 2.23. The van der Waals surface area contributed by atoms with Crippen LogP contribution in [0.1, 0.15) is 18.1 Å². The number of nitrogens with one attached hydrogen (secondary N) is 1. The van der Waals surface area contributed by atoms with Crippen molar-refractivity contribution >= 4 is 27.5 Å². The fraction of sp³-hybridized carbons (Fsp3) is 0.316. The highest BCUT2D eigenvalue weighted by atomic mass is 32.2. The lowest BCUT2D eigenvalue weighted by molar-refractivity contribution is -0.114. The van der Waals surface area contributed by atoms with Gasteiger partial charge in [-0.25, -0.2) is 8.70 Å². The van der Waals surface area contributed by atoms with Crippen LogP contribution in [0.25, 0.3) is 0 Å². The molecule has 1 N–H and O–H groups in total. The molecule has 6 nitrogen and oxygen atoms in total. The van der Waals surface area contributed by atoms with Gasteiger partial charge in [0.2, 0.25) is 5.91 Å². The summed E-state index contributed by atoms with van der Waals surface area (Å²) in [4.78, 5) is 12.6. The van der Waals surface area contributed by atoms with Gasteiger partial charge in [-0.2, -0.15) is 12.7 Å². The van der Waals surface area contributed by atoms with Crippen LogP contribution in [0, 0.1) is 12.7 Å². The van der Waals surface area contributed by atoms with Gasteiger partial charge in [-0.1, -0.05) is 25.1 Å². The molecule has 0 aliphatic rings.